The number of aromatic nitrogens is 2. The Morgan fingerprint density at radius 1 is 1.11 bits per heavy atom. The van der Waals surface area contributed by atoms with Crippen LogP contribution in [0.25, 0.3) is 5.57 Å². The molecule has 7 heteroatoms. The summed E-state index contributed by atoms with van der Waals surface area (Å²) in [6.45, 7) is 5.90. The van der Waals surface area contributed by atoms with Gasteiger partial charge in [-0.25, -0.2) is 4.79 Å². The number of benzene rings is 1. The summed E-state index contributed by atoms with van der Waals surface area (Å²) in [4.78, 5) is 20.9. The van der Waals surface area contributed by atoms with Crippen LogP contribution < -0.4 is 9.47 Å². The molecule has 1 heterocycles. The second-order valence-corrected chi connectivity index (χ2v) is 6.05. The fourth-order valence-corrected chi connectivity index (χ4v) is 2.46. The molecule has 0 atom stereocenters. The van der Waals surface area contributed by atoms with E-state index in [2.05, 4.69) is 23.8 Å². The first kappa shape index (κ1) is 20.2. The summed E-state index contributed by atoms with van der Waals surface area (Å²) in [7, 11) is 4.16. The van der Waals surface area contributed by atoms with E-state index >= 15 is 0 Å². The molecule has 2 aromatic rings. The molecule has 0 aliphatic heterocycles. The highest BCUT2D eigenvalue weighted by atomic mass is 16.5. The van der Waals surface area contributed by atoms with Gasteiger partial charge in [0.2, 0.25) is 11.8 Å². The van der Waals surface area contributed by atoms with E-state index in [4.69, 9.17) is 18.9 Å². The second-order valence-electron chi connectivity index (χ2n) is 6.05. The van der Waals surface area contributed by atoms with Gasteiger partial charge < -0.3 is 18.9 Å². The molecule has 144 valence electrons. The maximum absolute atomic E-state index is 12.3. The number of rotatable bonds is 7. The zero-order chi connectivity index (χ0) is 20.0. The Balaban J connectivity index is 2.61. The van der Waals surface area contributed by atoms with Crippen LogP contribution in [0.4, 0.5) is 0 Å². The molecule has 0 aliphatic rings. The van der Waals surface area contributed by atoms with Crippen molar-refractivity contribution in [2.24, 2.45) is 0 Å². The molecule has 0 amide bonds. The van der Waals surface area contributed by atoms with Crippen LogP contribution in [0.1, 0.15) is 36.7 Å². The van der Waals surface area contributed by atoms with Crippen molar-refractivity contribution in [3.05, 3.63) is 47.5 Å². The highest BCUT2D eigenvalue weighted by Gasteiger charge is 2.26. The zero-order valence-corrected chi connectivity index (χ0v) is 16.4. The van der Waals surface area contributed by atoms with E-state index in [1.54, 1.807) is 6.92 Å². The van der Waals surface area contributed by atoms with Crippen molar-refractivity contribution in [2.75, 3.05) is 21.3 Å². The average molecular weight is 372 g/mol. The standard InChI is InChI=1S/C20H24N2O5/c1-12(2)14-8-7-9-15(10-14)27-19-17(16(11-24-4)20(23)26-6)18(25-5)21-13(3)22-19/h7-12H,1-6H3. The smallest absolute Gasteiger partial charge is 0.342 e. The molecule has 7 nitrogen and oxygen atoms in total. The lowest BCUT2D eigenvalue weighted by atomic mass is 10.0. The summed E-state index contributed by atoms with van der Waals surface area (Å²) < 4.78 is 21.3. The van der Waals surface area contributed by atoms with Crippen molar-refractivity contribution in [3.63, 3.8) is 0 Å². The molecular formula is C20H24N2O5. The first-order chi connectivity index (χ1) is 12.9. The molecule has 0 fully saturated rings. The van der Waals surface area contributed by atoms with Crippen LogP contribution in [-0.2, 0) is 14.3 Å². The minimum atomic E-state index is -0.622. The van der Waals surface area contributed by atoms with Gasteiger partial charge in [-0.05, 0) is 30.5 Å². The lowest BCUT2D eigenvalue weighted by Crippen LogP contribution is -2.10. The maximum Gasteiger partial charge on any atom is 0.342 e. The van der Waals surface area contributed by atoms with Crippen molar-refractivity contribution < 1.29 is 23.7 Å². The topological polar surface area (TPSA) is 79.8 Å². The average Bonchev–Trinajstić information content (AvgIpc) is 2.65. The first-order valence-corrected chi connectivity index (χ1v) is 8.43. The normalized spacial score (nSPS) is 11.3. The third kappa shape index (κ3) is 4.75. The Bertz CT molecular complexity index is 846. The largest absolute Gasteiger partial charge is 0.503 e. The lowest BCUT2D eigenvalue weighted by Gasteiger charge is -2.16. The van der Waals surface area contributed by atoms with Crippen molar-refractivity contribution in [1.29, 1.82) is 0 Å². The Kier molecular flexibility index (Phi) is 6.76. The summed E-state index contributed by atoms with van der Waals surface area (Å²) in [5.41, 5.74) is 1.46. The predicted octanol–water partition coefficient (Wildman–Crippen LogP) is 3.87. The molecule has 0 saturated heterocycles. The van der Waals surface area contributed by atoms with Crippen LogP contribution in [0.15, 0.2) is 30.5 Å². The molecule has 0 saturated carbocycles. The summed E-state index contributed by atoms with van der Waals surface area (Å²) >= 11 is 0. The second kappa shape index (κ2) is 9.02. The van der Waals surface area contributed by atoms with Crippen LogP contribution in [0, 0.1) is 6.92 Å². The van der Waals surface area contributed by atoms with E-state index in [0.29, 0.717) is 17.5 Å². The molecular weight excluding hydrogens is 348 g/mol. The van der Waals surface area contributed by atoms with Gasteiger partial charge in [0.25, 0.3) is 0 Å². The number of esters is 1. The number of aryl methyl sites for hydroxylation is 1. The van der Waals surface area contributed by atoms with Gasteiger partial charge in [-0.2, -0.15) is 9.97 Å². The van der Waals surface area contributed by atoms with Gasteiger partial charge in [0.1, 0.15) is 22.7 Å². The minimum Gasteiger partial charge on any atom is -0.503 e. The van der Waals surface area contributed by atoms with E-state index in [1.807, 2.05) is 24.3 Å². The minimum absolute atomic E-state index is 0.0897. The molecule has 0 aliphatic carbocycles. The molecule has 0 unspecified atom stereocenters. The van der Waals surface area contributed by atoms with E-state index in [-0.39, 0.29) is 22.9 Å². The van der Waals surface area contributed by atoms with Crippen molar-refractivity contribution >= 4 is 11.5 Å². The van der Waals surface area contributed by atoms with Crippen LogP contribution in [-0.4, -0.2) is 37.3 Å². The Morgan fingerprint density at radius 3 is 2.41 bits per heavy atom. The molecule has 27 heavy (non-hydrogen) atoms. The Labute approximate surface area is 159 Å². The SMILES string of the molecule is COC=C(C(=O)OC)c1c(OC)nc(C)nc1Oc1cccc(C(C)C)c1. The quantitative estimate of drug-likeness (QED) is 0.415. The van der Waals surface area contributed by atoms with Crippen molar-refractivity contribution in [2.45, 2.75) is 26.7 Å². The molecule has 0 bridgehead atoms. The Morgan fingerprint density at radius 2 is 1.81 bits per heavy atom. The lowest BCUT2D eigenvalue weighted by molar-refractivity contribution is -0.133. The zero-order valence-electron chi connectivity index (χ0n) is 16.4. The van der Waals surface area contributed by atoms with Crippen molar-refractivity contribution in [3.8, 4) is 17.5 Å². The predicted molar refractivity (Wildman–Crippen MR) is 101 cm³/mol. The van der Waals surface area contributed by atoms with E-state index < -0.39 is 5.97 Å². The fraction of sp³-hybridized carbons (Fsp3) is 0.350. The summed E-state index contributed by atoms with van der Waals surface area (Å²) in [6, 6.07) is 7.67. The number of ether oxygens (including phenoxy) is 4. The fourth-order valence-electron chi connectivity index (χ4n) is 2.46. The van der Waals surface area contributed by atoms with Gasteiger partial charge in [0, 0.05) is 0 Å². The van der Waals surface area contributed by atoms with Crippen LogP contribution >= 0.6 is 0 Å². The van der Waals surface area contributed by atoms with Gasteiger partial charge in [-0.1, -0.05) is 26.0 Å². The third-order valence-corrected chi connectivity index (χ3v) is 3.80. The number of hydrogen-bond acceptors (Lipinski definition) is 7. The van der Waals surface area contributed by atoms with Crippen LogP contribution in [0.5, 0.6) is 17.5 Å². The van der Waals surface area contributed by atoms with Gasteiger partial charge in [0.15, 0.2) is 0 Å². The van der Waals surface area contributed by atoms with Gasteiger partial charge >= 0.3 is 5.97 Å². The summed E-state index contributed by atoms with van der Waals surface area (Å²) in [5.74, 6) is 1.11. The molecule has 1 aromatic heterocycles. The number of nitrogens with zero attached hydrogens (tertiary/aromatic N) is 2. The maximum atomic E-state index is 12.3. The van der Waals surface area contributed by atoms with Crippen molar-refractivity contribution in [1.82, 2.24) is 9.97 Å². The van der Waals surface area contributed by atoms with Crippen LogP contribution in [0.2, 0.25) is 0 Å². The molecule has 2 rings (SSSR count). The van der Waals surface area contributed by atoms with Gasteiger partial charge in [-0.15, -0.1) is 0 Å². The van der Waals surface area contributed by atoms with Gasteiger partial charge in [0.05, 0.1) is 27.6 Å². The first-order valence-electron chi connectivity index (χ1n) is 8.43. The molecule has 0 radical (unpaired) electrons. The highest BCUT2D eigenvalue weighted by Crippen LogP contribution is 2.36. The number of carbonyl (C=O) groups excluding carboxylic acids is 1. The number of methoxy groups -OCH3 is 3. The Hall–Kier alpha value is -3.09. The number of carbonyl (C=O) groups is 1. The summed E-state index contributed by atoms with van der Waals surface area (Å²) in [6.07, 6.45) is 1.25. The molecule has 0 N–H and O–H groups in total. The third-order valence-electron chi connectivity index (χ3n) is 3.80. The monoisotopic (exact) mass is 372 g/mol. The van der Waals surface area contributed by atoms with Gasteiger partial charge in [-0.3, -0.25) is 0 Å². The van der Waals surface area contributed by atoms with E-state index in [1.165, 1.54) is 27.6 Å². The van der Waals surface area contributed by atoms with E-state index in [9.17, 15) is 4.79 Å². The van der Waals surface area contributed by atoms with E-state index in [0.717, 1.165) is 5.56 Å². The summed E-state index contributed by atoms with van der Waals surface area (Å²) in [5, 5.41) is 0. The molecule has 1 aromatic carbocycles. The van der Waals surface area contributed by atoms with Crippen LogP contribution in [0.3, 0.4) is 0 Å². The molecule has 0 spiro atoms. The highest BCUT2D eigenvalue weighted by molar-refractivity contribution is 6.17. The number of hydrogen-bond donors (Lipinski definition) is 0.